The Bertz CT molecular complexity index is 725. The molecule has 0 saturated carbocycles. The van der Waals surface area contributed by atoms with Crippen LogP contribution in [-0.2, 0) is 16.6 Å². The van der Waals surface area contributed by atoms with Gasteiger partial charge in [-0.05, 0) is 6.07 Å². The third kappa shape index (κ3) is 3.03. The van der Waals surface area contributed by atoms with Crippen LogP contribution in [0, 0.1) is 0 Å². The largest absolute Gasteiger partial charge is 0.326 e. The second-order valence-corrected chi connectivity index (χ2v) is 6.92. The van der Waals surface area contributed by atoms with Crippen LogP contribution in [-0.4, -0.2) is 29.7 Å². The average Bonchev–Trinajstić information content (AvgIpc) is 2.85. The standard InChI is InChI=1S/C10H10ClN3O3S2/c1-14(4-7-5-18-6-13-7)19(16,17)8-2-9(11)10(15)12-3-8/h2-3,5-6H,4H2,1H3,(H,12,15). The Morgan fingerprint density at radius 2 is 2.26 bits per heavy atom. The number of nitrogens with one attached hydrogen (secondary N) is 1. The average molecular weight is 320 g/mol. The molecule has 19 heavy (non-hydrogen) atoms. The van der Waals surface area contributed by atoms with Crippen LogP contribution in [0.4, 0.5) is 0 Å². The van der Waals surface area contributed by atoms with Crippen LogP contribution >= 0.6 is 22.9 Å². The molecule has 0 bridgehead atoms. The fourth-order valence-electron chi connectivity index (χ4n) is 1.40. The van der Waals surface area contributed by atoms with E-state index in [1.807, 2.05) is 0 Å². The highest BCUT2D eigenvalue weighted by Crippen LogP contribution is 2.17. The van der Waals surface area contributed by atoms with E-state index < -0.39 is 15.6 Å². The van der Waals surface area contributed by atoms with E-state index in [0.29, 0.717) is 5.69 Å². The first-order chi connectivity index (χ1) is 8.91. The summed E-state index contributed by atoms with van der Waals surface area (Å²) >= 11 is 7.02. The summed E-state index contributed by atoms with van der Waals surface area (Å²) in [6.07, 6.45) is 1.13. The van der Waals surface area contributed by atoms with Crippen LogP contribution in [0.2, 0.25) is 5.02 Å². The molecule has 0 aliphatic rings. The number of halogens is 1. The first-order valence-electron chi connectivity index (χ1n) is 5.13. The second-order valence-electron chi connectivity index (χ2n) is 3.75. The van der Waals surface area contributed by atoms with Gasteiger partial charge in [0.15, 0.2) is 0 Å². The van der Waals surface area contributed by atoms with Gasteiger partial charge in [-0.2, -0.15) is 4.31 Å². The van der Waals surface area contributed by atoms with Crippen LogP contribution < -0.4 is 5.56 Å². The molecule has 9 heteroatoms. The second kappa shape index (κ2) is 5.41. The molecule has 0 saturated heterocycles. The maximum atomic E-state index is 12.2. The zero-order chi connectivity index (χ0) is 14.0. The Labute approximate surface area is 118 Å². The third-order valence-electron chi connectivity index (χ3n) is 2.41. The van der Waals surface area contributed by atoms with Crippen molar-refractivity contribution in [2.24, 2.45) is 0 Å². The van der Waals surface area contributed by atoms with E-state index in [-0.39, 0.29) is 16.5 Å². The fraction of sp³-hybridized carbons (Fsp3) is 0.200. The molecule has 0 atom stereocenters. The molecular formula is C10H10ClN3O3S2. The third-order valence-corrected chi connectivity index (χ3v) is 5.10. The summed E-state index contributed by atoms with van der Waals surface area (Å²) in [6.45, 7) is 0.155. The molecule has 6 nitrogen and oxygen atoms in total. The number of rotatable bonds is 4. The Balaban J connectivity index is 2.31. The maximum Gasteiger partial charge on any atom is 0.266 e. The molecule has 0 spiro atoms. The molecule has 2 rings (SSSR count). The minimum atomic E-state index is -3.71. The van der Waals surface area contributed by atoms with Crippen molar-refractivity contribution in [3.05, 3.63) is 44.2 Å². The van der Waals surface area contributed by atoms with Crippen molar-refractivity contribution in [2.45, 2.75) is 11.4 Å². The Hall–Kier alpha value is -1.22. The molecule has 0 radical (unpaired) electrons. The highest BCUT2D eigenvalue weighted by atomic mass is 35.5. The van der Waals surface area contributed by atoms with E-state index in [1.165, 1.54) is 18.4 Å². The first kappa shape index (κ1) is 14.2. The van der Waals surface area contributed by atoms with Crippen LogP contribution in [0.3, 0.4) is 0 Å². The summed E-state index contributed by atoms with van der Waals surface area (Å²) in [4.78, 5) is 17.4. The van der Waals surface area contributed by atoms with Crippen LogP contribution in [0.1, 0.15) is 5.69 Å². The van der Waals surface area contributed by atoms with Crippen molar-refractivity contribution in [3.8, 4) is 0 Å². The van der Waals surface area contributed by atoms with Crippen molar-refractivity contribution >= 4 is 33.0 Å². The molecule has 0 aliphatic carbocycles. The predicted molar refractivity (Wildman–Crippen MR) is 72.8 cm³/mol. The van der Waals surface area contributed by atoms with E-state index in [9.17, 15) is 13.2 Å². The Morgan fingerprint density at radius 1 is 1.53 bits per heavy atom. The molecule has 0 aromatic carbocycles. The highest BCUT2D eigenvalue weighted by Gasteiger charge is 2.22. The zero-order valence-corrected chi connectivity index (χ0v) is 12.2. The van der Waals surface area contributed by atoms with Gasteiger partial charge in [-0.25, -0.2) is 13.4 Å². The number of aromatic nitrogens is 2. The number of sulfonamides is 1. The van der Waals surface area contributed by atoms with Crippen molar-refractivity contribution in [1.29, 1.82) is 0 Å². The minimum absolute atomic E-state index is 0.0603. The quantitative estimate of drug-likeness (QED) is 0.921. The van der Waals surface area contributed by atoms with Crippen molar-refractivity contribution in [3.63, 3.8) is 0 Å². The van der Waals surface area contributed by atoms with Gasteiger partial charge in [0, 0.05) is 18.6 Å². The SMILES string of the molecule is CN(Cc1cscn1)S(=O)(=O)c1c[nH]c(=O)c(Cl)c1. The monoisotopic (exact) mass is 319 g/mol. The van der Waals surface area contributed by atoms with Gasteiger partial charge in [0.05, 0.1) is 22.6 Å². The summed E-state index contributed by atoms with van der Waals surface area (Å²) < 4.78 is 25.6. The van der Waals surface area contributed by atoms with Gasteiger partial charge in [0.25, 0.3) is 5.56 Å². The van der Waals surface area contributed by atoms with Gasteiger partial charge in [0.2, 0.25) is 10.0 Å². The molecule has 1 N–H and O–H groups in total. The van der Waals surface area contributed by atoms with Crippen molar-refractivity contribution in [2.75, 3.05) is 7.05 Å². The van der Waals surface area contributed by atoms with Gasteiger partial charge in [-0.3, -0.25) is 4.79 Å². The normalized spacial score (nSPS) is 11.9. The zero-order valence-electron chi connectivity index (χ0n) is 9.83. The summed E-state index contributed by atoms with van der Waals surface area (Å²) in [6, 6.07) is 1.13. The van der Waals surface area contributed by atoms with Crippen molar-refractivity contribution in [1.82, 2.24) is 14.3 Å². The molecule has 102 valence electrons. The lowest BCUT2D eigenvalue weighted by Gasteiger charge is -2.15. The number of nitrogens with zero attached hydrogens (tertiary/aromatic N) is 2. The number of H-pyrrole nitrogens is 1. The number of hydrogen-bond donors (Lipinski definition) is 1. The van der Waals surface area contributed by atoms with E-state index in [4.69, 9.17) is 11.6 Å². The number of thiazole rings is 1. The molecule has 0 amide bonds. The highest BCUT2D eigenvalue weighted by molar-refractivity contribution is 7.89. The summed E-state index contributed by atoms with van der Waals surface area (Å²) in [5, 5.41) is 1.61. The first-order valence-corrected chi connectivity index (χ1v) is 7.89. The predicted octanol–water partition coefficient (Wildman–Crippen LogP) is 1.31. The molecule has 0 fully saturated rings. The van der Waals surface area contributed by atoms with Gasteiger partial charge >= 0.3 is 0 Å². The maximum absolute atomic E-state index is 12.2. The fourth-order valence-corrected chi connectivity index (χ4v) is 3.32. The van der Waals surface area contributed by atoms with Gasteiger partial charge in [0.1, 0.15) is 5.02 Å². The topological polar surface area (TPSA) is 83.1 Å². The molecule has 2 aromatic heterocycles. The number of hydrogen-bond acceptors (Lipinski definition) is 5. The van der Waals surface area contributed by atoms with E-state index >= 15 is 0 Å². The molecule has 2 aromatic rings. The molecule has 0 unspecified atom stereocenters. The molecular weight excluding hydrogens is 310 g/mol. The molecule has 2 heterocycles. The van der Waals surface area contributed by atoms with Crippen LogP contribution in [0.5, 0.6) is 0 Å². The molecule has 0 aliphatic heterocycles. The number of aromatic amines is 1. The Kier molecular flexibility index (Phi) is 4.04. The van der Waals surface area contributed by atoms with E-state index in [1.54, 1.807) is 10.9 Å². The van der Waals surface area contributed by atoms with Gasteiger partial charge in [-0.1, -0.05) is 11.6 Å². The lowest BCUT2D eigenvalue weighted by atomic mass is 10.5. The summed E-state index contributed by atoms with van der Waals surface area (Å²) in [7, 11) is -2.27. The van der Waals surface area contributed by atoms with Crippen LogP contribution in [0.25, 0.3) is 0 Å². The number of pyridine rings is 1. The Morgan fingerprint density at radius 3 is 2.84 bits per heavy atom. The minimum Gasteiger partial charge on any atom is -0.326 e. The van der Waals surface area contributed by atoms with E-state index in [2.05, 4.69) is 9.97 Å². The van der Waals surface area contributed by atoms with Gasteiger partial charge in [-0.15, -0.1) is 11.3 Å². The summed E-state index contributed by atoms with van der Waals surface area (Å²) in [5.41, 5.74) is 1.77. The summed E-state index contributed by atoms with van der Waals surface area (Å²) in [5.74, 6) is 0. The van der Waals surface area contributed by atoms with Gasteiger partial charge < -0.3 is 4.98 Å². The van der Waals surface area contributed by atoms with Crippen LogP contribution in [0.15, 0.2) is 32.8 Å². The lowest BCUT2D eigenvalue weighted by molar-refractivity contribution is 0.462. The van der Waals surface area contributed by atoms with E-state index in [0.717, 1.165) is 16.6 Å². The van der Waals surface area contributed by atoms with Crippen molar-refractivity contribution < 1.29 is 8.42 Å². The smallest absolute Gasteiger partial charge is 0.266 e. The lowest BCUT2D eigenvalue weighted by Crippen LogP contribution is -2.27.